The number of nitrogens with one attached hydrogen (secondary N) is 1. The largest absolute Gasteiger partial charge is 0.495 e. The van der Waals surface area contributed by atoms with E-state index in [1.54, 1.807) is 24.1 Å². The number of hydrogen-bond donors (Lipinski definition) is 1. The first kappa shape index (κ1) is 27.4. The first-order valence-corrected chi connectivity index (χ1v) is 13.0. The van der Waals surface area contributed by atoms with Gasteiger partial charge in [-0.15, -0.1) is 0 Å². The highest BCUT2D eigenvalue weighted by atomic mass is 16.6. The maximum atomic E-state index is 13.6. The number of hydrogen-bond acceptors (Lipinski definition) is 7. The third-order valence-corrected chi connectivity index (χ3v) is 6.90. The molecule has 1 saturated heterocycles. The van der Waals surface area contributed by atoms with Crippen molar-refractivity contribution in [3.8, 4) is 5.75 Å². The third-order valence-electron chi connectivity index (χ3n) is 6.90. The smallest absolute Gasteiger partial charge is 0.270 e. The molecule has 204 valence electrons. The van der Waals surface area contributed by atoms with Crippen molar-refractivity contribution in [2.45, 2.75) is 13.8 Å². The highest BCUT2D eigenvalue weighted by Gasteiger charge is 2.25. The van der Waals surface area contributed by atoms with Gasteiger partial charge in [0.15, 0.2) is 0 Å². The SMILES string of the molecule is CCN(CC)C(=O)c1cc(NC(=O)c2cccc([N+](=O)[O-])c2)ccc1N1CCN(c2ccccc2OC)CC1. The zero-order valence-electron chi connectivity index (χ0n) is 22.4. The number of para-hydroxylation sites is 2. The number of methoxy groups -OCH3 is 1. The summed E-state index contributed by atoms with van der Waals surface area (Å²) >= 11 is 0. The molecule has 0 spiro atoms. The quantitative estimate of drug-likeness (QED) is 0.316. The molecule has 10 nitrogen and oxygen atoms in total. The highest BCUT2D eigenvalue weighted by molar-refractivity contribution is 6.06. The lowest BCUT2D eigenvalue weighted by molar-refractivity contribution is -0.384. The lowest BCUT2D eigenvalue weighted by atomic mass is 10.1. The van der Waals surface area contributed by atoms with Crippen LogP contribution in [0.2, 0.25) is 0 Å². The Balaban J connectivity index is 1.58. The van der Waals surface area contributed by atoms with Crippen LogP contribution in [0.5, 0.6) is 5.75 Å². The predicted molar refractivity (Wildman–Crippen MR) is 152 cm³/mol. The average Bonchev–Trinajstić information content (AvgIpc) is 2.97. The summed E-state index contributed by atoms with van der Waals surface area (Å²) in [5, 5.41) is 13.9. The molecule has 0 unspecified atom stereocenters. The van der Waals surface area contributed by atoms with Gasteiger partial charge in [0.1, 0.15) is 5.75 Å². The van der Waals surface area contributed by atoms with Crippen LogP contribution in [0.25, 0.3) is 0 Å². The van der Waals surface area contributed by atoms with Crippen molar-refractivity contribution in [1.29, 1.82) is 0 Å². The van der Waals surface area contributed by atoms with Gasteiger partial charge in [0, 0.05) is 68.3 Å². The molecule has 0 aliphatic carbocycles. The van der Waals surface area contributed by atoms with Gasteiger partial charge in [0.2, 0.25) is 0 Å². The Bertz CT molecular complexity index is 1350. The molecule has 0 aromatic heterocycles. The number of non-ortho nitro benzene ring substituents is 1. The second kappa shape index (κ2) is 12.3. The maximum absolute atomic E-state index is 13.6. The number of nitrogens with zero attached hydrogens (tertiary/aromatic N) is 4. The van der Waals surface area contributed by atoms with Crippen molar-refractivity contribution in [1.82, 2.24) is 4.90 Å². The Morgan fingerprint density at radius 2 is 1.59 bits per heavy atom. The number of anilines is 3. The molecule has 1 aliphatic heterocycles. The van der Waals surface area contributed by atoms with Crippen LogP contribution >= 0.6 is 0 Å². The summed E-state index contributed by atoms with van der Waals surface area (Å²) in [6, 6.07) is 18.8. The fourth-order valence-corrected chi connectivity index (χ4v) is 4.79. The molecule has 1 fully saturated rings. The lowest BCUT2D eigenvalue weighted by Crippen LogP contribution is -2.47. The van der Waals surface area contributed by atoms with Gasteiger partial charge in [-0.2, -0.15) is 0 Å². The number of benzene rings is 3. The molecule has 10 heteroatoms. The second-order valence-electron chi connectivity index (χ2n) is 9.12. The van der Waals surface area contributed by atoms with Gasteiger partial charge in [-0.25, -0.2) is 0 Å². The monoisotopic (exact) mass is 531 g/mol. The summed E-state index contributed by atoms with van der Waals surface area (Å²) in [5.41, 5.74) is 2.79. The Labute approximate surface area is 227 Å². The van der Waals surface area contributed by atoms with Crippen LogP contribution in [0.4, 0.5) is 22.7 Å². The minimum atomic E-state index is -0.542. The molecule has 2 amide bonds. The standard InChI is InChI=1S/C29H33N5O5/c1-4-31(5-2)29(36)24-20-22(30-28(35)21-9-8-10-23(19-21)34(37)38)13-14-25(24)32-15-17-33(18-16-32)26-11-6-7-12-27(26)39-3/h6-14,19-20H,4-5,15-18H2,1-3H3,(H,30,35). The summed E-state index contributed by atoms with van der Waals surface area (Å²) < 4.78 is 5.53. The summed E-state index contributed by atoms with van der Waals surface area (Å²) in [5.74, 6) is 0.221. The molecule has 4 rings (SSSR count). The number of amides is 2. The Hall–Kier alpha value is -4.60. The molecular weight excluding hydrogens is 498 g/mol. The van der Waals surface area contributed by atoms with Crippen molar-refractivity contribution in [3.63, 3.8) is 0 Å². The average molecular weight is 532 g/mol. The summed E-state index contributed by atoms with van der Waals surface area (Å²) in [4.78, 5) is 43.2. The van der Waals surface area contributed by atoms with Crippen molar-refractivity contribution in [2.24, 2.45) is 0 Å². The van der Waals surface area contributed by atoms with Gasteiger partial charge < -0.3 is 24.8 Å². The van der Waals surface area contributed by atoms with E-state index in [0.717, 1.165) is 30.2 Å². The lowest BCUT2D eigenvalue weighted by Gasteiger charge is -2.38. The number of ether oxygens (including phenoxy) is 1. The highest BCUT2D eigenvalue weighted by Crippen LogP contribution is 2.31. The van der Waals surface area contributed by atoms with Gasteiger partial charge in [-0.3, -0.25) is 19.7 Å². The zero-order valence-corrected chi connectivity index (χ0v) is 22.4. The van der Waals surface area contributed by atoms with Crippen molar-refractivity contribution in [2.75, 3.05) is 61.5 Å². The summed E-state index contributed by atoms with van der Waals surface area (Å²) in [7, 11) is 1.67. The molecule has 0 atom stereocenters. The Morgan fingerprint density at radius 3 is 2.23 bits per heavy atom. The van der Waals surface area contributed by atoms with E-state index < -0.39 is 10.8 Å². The minimum Gasteiger partial charge on any atom is -0.495 e. The van der Waals surface area contributed by atoms with Crippen LogP contribution < -0.4 is 19.9 Å². The van der Waals surface area contributed by atoms with Crippen LogP contribution in [0.3, 0.4) is 0 Å². The number of rotatable bonds is 9. The Kier molecular flexibility index (Phi) is 8.65. The first-order chi connectivity index (χ1) is 18.9. The number of carbonyl (C=O) groups is 2. The van der Waals surface area contributed by atoms with E-state index in [-0.39, 0.29) is 17.2 Å². The zero-order chi connectivity index (χ0) is 27.9. The molecule has 3 aromatic rings. The van der Waals surface area contributed by atoms with Crippen molar-refractivity contribution < 1.29 is 19.2 Å². The van der Waals surface area contributed by atoms with E-state index >= 15 is 0 Å². The number of carbonyl (C=O) groups excluding carboxylic acids is 2. The van der Waals surface area contributed by atoms with E-state index in [1.807, 2.05) is 44.2 Å². The van der Waals surface area contributed by atoms with Gasteiger partial charge in [-0.1, -0.05) is 18.2 Å². The van der Waals surface area contributed by atoms with Gasteiger partial charge in [-0.05, 0) is 50.2 Å². The molecule has 3 aromatic carbocycles. The van der Waals surface area contributed by atoms with Crippen LogP contribution in [0.15, 0.2) is 66.7 Å². The number of piperazine rings is 1. The van der Waals surface area contributed by atoms with Crippen molar-refractivity contribution in [3.05, 3.63) is 88.0 Å². The summed E-state index contributed by atoms with van der Waals surface area (Å²) in [6.45, 7) is 7.89. The van der Waals surface area contributed by atoms with Crippen LogP contribution in [-0.4, -0.2) is 68.0 Å². The minimum absolute atomic E-state index is 0.117. The molecule has 39 heavy (non-hydrogen) atoms. The molecular formula is C29H33N5O5. The van der Waals surface area contributed by atoms with E-state index in [2.05, 4.69) is 15.1 Å². The van der Waals surface area contributed by atoms with Gasteiger partial charge in [0.25, 0.3) is 17.5 Å². The van der Waals surface area contributed by atoms with E-state index in [1.165, 1.54) is 24.3 Å². The third kappa shape index (κ3) is 6.11. The van der Waals surface area contributed by atoms with Crippen molar-refractivity contribution >= 4 is 34.6 Å². The van der Waals surface area contributed by atoms with E-state index in [9.17, 15) is 19.7 Å². The first-order valence-electron chi connectivity index (χ1n) is 13.0. The normalized spacial score (nSPS) is 13.1. The molecule has 1 N–H and O–H groups in total. The van der Waals surface area contributed by atoms with Crippen LogP contribution in [-0.2, 0) is 0 Å². The molecule has 1 aliphatic rings. The topological polar surface area (TPSA) is 108 Å². The fraction of sp³-hybridized carbons (Fsp3) is 0.310. The van der Waals surface area contributed by atoms with E-state index in [4.69, 9.17) is 4.74 Å². The van der Waals surface area contributed by atoms with Crippen LogP contribution in [0.1, 0.15) is 34.6 Å². The Morgan fingerprint density at radius 1 is 0.923 bits per heavy atom. The summed E-state index contributed by atoms with van der Waals surface area (Å²) in [6.07, 6.45) is 0. The number of nitro benzene ring substituents is 1. The second-order valence-corrected chi connectivity index (χ2v) is 9.12. The number of nitro groups is 1. The molecule has 0 saturated carbocycles. The predicted octanol–water partition coefficient (Wildman–Crippen LogP) is 4.66. The van der Waals surface area contributed by atoms with Crippen LogP contribution in [0, 0.1) is 10.1 Å². The molecule has 1 heterocycles. The van der Waals surface area contributed by atoms with E-state index in [0.29, 0.717) is 37.4 Å². The maximum Gasteiger partial charge on any atom is 0.270 e. The fourth-order valence-electron chi connectivity index (χ4n) is 4.79. The molecule has 0 bridgehead atoms. The van der Waals surface area contributed by atoms with Gasteiger partial charge >= 0.3 is 0 Å². The van der Waals surface area contributed by atoms with Gasteiger partial charge in [0.05, 0.1) is 23.3 Å². The molecule has 0 radical (unpaired) electrons.